The minimum absolute atomic E-state index is 0.553. The first-order valence-corrected chi connectivity index (χ1v) is 9.00. The first kappa shape index (κ1) is 14.4. The van der Waals surface area contributed by atoms with Crippen molar-refractivity contribution in [1.29, 1.82) is 0 Å². The Labute approximate surface area is 141 Å². The molecule has 0 bridgehead atoms. The van der Waals surface area contributed by atoms with Crippen LogP contribution in [0.25, 0.3) is 0 Å². The van der Waals surface area contributed by atoms with Crippen molar-refractivity contribution in [3.8, 4) is 0 Å². The fourth-order valence-electron chi connectivity index (χ4n) is 3.49. The van der Waals surface area contributed by atoms with Crippen molar-refractivity contribution in [1.82, 2.24) is 20.3 Å². The molecular formula is C18H23N5O. The maximum absolute atomic E-state index is 5.44. The van der Waals surface area contributed by atoms with Gasteiger partial charge in [-0.25, -0.2) is 0 Å². The van der Waals surface area contributed by atoms with Crippen LogP contribution in [0.1, 0.15) is 54.5 Å². The molecule has 5 rings (SSSR count). The van der Waals surface area contributed by atoms with Crippen LogP contribution in [0.3, 0.4) is 0 Å². The molecule has 6 nitrogen and oxygen atoms in total. The van der Waals surface area contributed by atoms with Crippen molar-refractivity contribution in [2.75, 3.05) is 25.0 Å². The highest BCUT2D eigenvalue weighted by molar-refractivity contribution is 5.42. The van der Waals surface area contributed by atoms with E-state index in [1.54, 1.807) is 0 Å². The zero-order valence-corrected chi connectivity index (χ0v) is 14.1. The van der Waals surface area contributed by atoms with Crippen LogP contribution in [0.2, 0.25) is 0 Å². The Morgan fingerprint density at radius 2 is 1.92 bits per heavy atom. The second kappa shape index (κ2) is 5.55. The lowest BCUT2D eigenvalue weighted by atomic mass is 10.1. The van der Waals surface area contributed by atoms with Crippen molar-refractivity contribution in [2.45, 2.75) is 50.1 Å². The lowest BCUT2D eigenvalue weighted by Crippen LogP contribution is -2.58. The lowest BCUT2D eigenvalue weighted by Gasteiger charge is -2.44. The van der Waals surface area contributed by atoms with Gasteiger partial charge in [0.15, 0.2) is 5.82 Å². The van der Waals surface area contributed by atoms with E-state index in [1.165, 1.54) is 31.2 Å². The Kier molecular flexibility index (Phi) is 3.33. The van der Waals surface area contributed by atoms with Gasteiger partial charge in [0.25, 0.3) is 0 Å². The quantitative estimate of drug-likeness (QED) is 0.813. The van der Waals surface area contributed by atoms with Crippen LogP contribution in [0.5, 0.6) is 0 Å². The average molecular weight is 325 g/mol. The molecule has 0 radical (unpaired) electrons. The van der Waals surface area contributed by atoms with Crippen LogP contribution < -0.4 is 4.90 Å². The molecule has 126 valence electrons. The van der Waals surface area contributed by atoms with Gasteiger partial charge in [0.1, 0.15) is 5.76 Å². The monoisotopic (exact) mass is 325 g/mol. The fourth-order valence-corrected chi connectivity index (χ4v) is 3.49. The molecule has 0 aromatic carbocycles. The van der Waals surface area contributed by atoms with Crippen molar-refractivity contribution < 1.29 is 4.52 Å². The van der Waals surface area contributed by atoms with E-state index in [0.29, 0.717) is 17.9 Å². The number of aromatic nitrogens is 3. The number of hydrogen-bond acceptors (Lipinski definition) is 6. The third-order valence-electron chi connectivity index (χ3n) is 5.52. The lowest BCUT2D eigenvalue weighted by molar-refractivity contribution is 0.195. The molecule has 0 spiro atoms. The molecule has 1 aliphatic heterocycles. The third kappa shape index (κ3) is 2.69. The molecule has 24 heavy (non-hydrogen) atoms. The SMILES string of the molecule is CN(Cc1cnoc1C1CC1)C1CN(c2ccc(C3CC3)nn2)C1. The molecule has 3 aliphatic rings. The summed E-state index contributed by atoms with van der Waals surface area (Å²) in [6, 6.07) is 4.83. The van der Waals surface area contributed by atoms with Gasteiger partial charge in [0.05, 0.1) is 11.9 Å². The van der Waals surface area contributed by atoms with E-state index in [4.69, 9.17) is 4.52 Å². The summed E-state index contributed by atoms with van der Waals surface area (Å²) in [5, 5.41) is 12.8. The van der Waals surface area contributed by atoms with E-state index >= 15 is 0 Å². The standard InChI is InChI=1S/C18H23N5O/c1-22(9-14-8-19-24-18(14)13-4-5-13)15-10-23(11-15)17-7-6-16(20-21-17)12-2-3-12/h6-8,12-13,15H,2-5,9-11H2,1H3. The highest BCUT2D eigenvalue weighted by Crippen LogP contribution is 2.42. The largest absolute Gasteiger partial charge is 0.361 e. The second-order valence-electron chi connectivity index (χ2n) is 7.55. The summed E-state index contributed by atoms with van der Waals surface area (Å²) < 4.78 is 5.44. The topological polar surface area (TPSA) is 58.3 Å². The van der Waals surface area contributed by atoms with E-state index in [2.05, 4.69) is 44.3 Å². The summed E-state index contributed by atoms with van der Waals surface area (Å²) in [5.74, 6) is 3.41. The molecule has 6 heteroatoms. The van der Waals surface area contributed by atoms with Crippen LogP contribution in [0.15, 0.2) is 22.9 Å². The minimum Gasteiger partial charge on any atom is -0.361 e. The summed E-state index contributed by atoms with van der Waals surface area (Å²) in [6.45, 7) is 2.94. The molecule has 0 amide bonds. The zero-order valence-electron chi connectivity index (χ0n) is 14.1. The average Bonchev–Trinajstić information content (AvgIpc) is 3.46. The van der Waals surface area contributed by atoms with E-state index in [1.807, 2.05) is 6.20 Å². The fraction of sp³-hybridized carbons (Fsp3) is 0.611. The van der Waals surface area contributed by atoms with Gasteiger partial charge in [-0.15, -0.1) is 5.10 Å². The van der Waals surface area contributed by atoms with Gasteiger partial charge in [-0.3, -0.25) is 4.90 Å². The van der Waals surface area contributed by atoms with Gasteiger partial charge in [0.2, 0.25) is 0 Å². The van der Waals surface area contributed by atoms with Gasteiger partial charge >= 0.3 is 0 Å². The number of hydrogen-bond donors (Lipinski definition) is 0. The summed E-state index contributed by atoms with van der Waals surface area (Å²) in [7, 11) is 2.19. The first-order chi connectivity index (χ1) is 11.8. The zero-order chi connectivity index (χ0) is 16.1. The smallest absolute Gasteiger partial charge is 0.151 e. The van der Waals surface area contributed by atoms with Crippen molar-refractivity contribution in [2.24, 2.45) is 0 Å². The van der Waals surface area contributed by atoms with Crippen LogP contribution >= 0.6 is 0 Å². The molecule has 3 heterocycles. The normalized spacial score (nSPS) is 21.3. The Morgan fingerprint density at radius 1 is 1.12 bits per heavy atom. The number of anilines is 1. The molecule has 0 unspecified atom stereocenters. The molecule has 0 N–H and O–H groups in total. The van der Waals surface area contributed by atoms with Crippen molar-refractivity contribution in [3.63, 3.8) is 0 Å². The minimum atomic E-state index is 0.553. The van der Waals surface area contributed by atoms with Gasteiger partial charge in [0, 0.05) is 43.1 Å². The predicted octanol–water partition coefficient (Wildman–Crippen LogP) is 2.54. The summed E-state index contributed by atoms with van der Waals surface area (Å²) in [6.07, 6.45) is 6.94. The number of likely N-dealkylation sites (N-methyl/N-ethyl adjacent to an activating group) is 1. The second-order valence-corrected chi connectivity index (χ2v) is 7.55. The van der Waals surface area contributed by atoms with Crippen LogP contribution in [-0.2, 0) is 6.54 Å². The van der Waals surface area contributed by atoms with Gasteiger partial charge in [-0.2, -0.15) is 5.10 Å². The number of rotatable bonds is 6. The summed E-state index contributed by atoms with van der Waals surface area (Å²) >= 11 is 0. The predicted molar refractivity (Wildman–Crippen MR) is 90.0 cm³/mol. The van der Waals surface area contributed by atoms with Crippen molar-refractivity contribution in [3.05, 3.63) is 35.3 Å². The van der Waals surface area contributed by atoms with E-state index < -0.39 is 0 Å². The van der Waals surface area contributed by atoms with E-state index in [9.17, 15) is 0 Å². The maximum Gasteiger partial charge on any atom is 0.151 e. The molecule has 2 aliphatic carbocycles. The third-order valence-corrected chi connectivity index (χ3v) is 5.52. The molecular weight excluding hydrogens is 302 g/mol. The summed E-state index contributed by atoms with van der Waals surface area (Å²) in [5.41, 5.74) is 2.42. The molecule has 2 aromatic rings. The Hall–Kier alpha value is -1.95. The Balaban J connectivity index is 1.17. The molecule has 1 saturated heterocycles. The van der Waals surface area contributed by atoms with Gasteiger partial charge in [-0.05, 0) is 44.9 Å². The van der Waals surface area contributed by atoms with Crippen LogP contribution in [-0.4, -0.2) is 46.4 Å². The molecule has 2 aromatic heterocycles. The molecule has 3 fully saturated rings. The van der Waals surface area contributed by atoms with Crippen LogP contribution in [0.4, 0.5) is 5.82 Å². The Bertz CT molecular complexity index is 713. The van der Waals surface area contributed by atoms with E-state index in [-0.39, 0.29) is 0 Å². The highest BCUT2D eigenvalue weighted by atomic mass is 16.5. The maximum atomic E-state index is 5.44. The van der Waals surface area contributed by atoms with Crippen molar-refractivity contribution >= 4 is 5.82 Å². The summed E-state index contributed by atoms with van der Waals surface area (Å²) in [4.78, 5) is 4.71. The van der Waals surface area contributed by atoms with Gasteiger partial charge in [-0.1, -0.05) is 5.16 Å². The van der Waals surface area contributed by atoms with E-state index in [0.717, 1.165) is 36.9 Å². The first-order valence-electron chi connectivity index (χ1n) is 9.00. The van der Waals surface area contributed by atoms with Gasteiger partial charge < -0.3 is 9.42 Å². The highest BCUT2D eigenvalue weighted by Gasteiger charge is 2.34. The molecule has 0 atom stereocenters. The number of nitrogens with zero attached hydrogens (tertiary/aromatic N) is 5. The van der Waals surface area contributed by atoms with Crippen LogP contribution in [0, 0.1) is 0 Å². The Morgan fingerprint density at radius 3 is 2.58 bits per heavy atom. The molecule has 2 saturated carbocycles.